The Morgan fingerprint density at radius 1 is 1.31 bits per heavy atom. The van der Waals surface area contributed by atoms with Crippen molar-refractivity contribution in [2.24, 2.45) is 5.92 Å². The van der Waals surface area contributed by atoms with Gasteiger partial charge in [0.15, 0.2) is 0 Å². The fourth-order valence-corrected chi connectivity index (χ4v) is 3.38. The van der Waals surface area contributed by atoms with E-state index in [0.717, 1.165) is 11.7 Å². The smallest absolute Gasteiger partial charge is 0.119 e. The Labute approximate surface area is 106 Å². The van der Waals surface area contributed by atoms with Crippen LogP contribution in [0, 0.1) is 12.8 Å². The predicted molar refractivity (Wildman–Crippen MR) is 71.6 cm³/mol. The second-order valence-corrected chi connectivity index (χ2v) is 5.96. The zero-order chi connectivity index (χ0) is 11.7. The summed E-state index contributed by atoms with van der Waals surface area (Å²) in [5, 5.41) is 0. The van der Waals surface area contributed by atoms with Crippen LogP contribution >= 0.6 is 15.9 Å². The third kappa shape index (κ3) is 2.13. The number of ether oxygens (including phenoxy) is 1. The molecule has 0 aromatic heterocycles. The minimum absolute atomic E-state index is 0.680. The fourth-order valence-electron chi connectivity index (χ4n) is 2.75. The van der Waals surface area contributed by atoms with E-state index in [-0.39, 0.29) is 0 Å². The first-order valence-corrected chi connectivity index (χ1v) is 6.83. The number of rotatable bonds is 2. The number of methoxy groups -OCH3 is 1. The van der Waals surface area contributed by atoms with E-state index in [2.05, 4.69) is 48.0 Å². The summed E-state index contributed by atoms with van der Waals surface area (Å²) in [6.07, 6.45) is 2.58. The van der Waals surface area contributed by atoms with Gasteiger partial charge in [-0.1, -0.05) is 28.9 Å². The number of hydrogen-bond donors (Lipinski definition) is 0. The summed E-state index contributed by atoms with van der Waals surface area (Å²) in [4.78, 5) is 0.680. The van der Waals surface area contributed by atoms with E-state index in [1.54, 1.807) is 7.11 Å². The van der Waals surface area contributed by atoms with Crippen molar-refractivity contribution >= 4 is 15.9 Å². The highest BCUT2D eigenvalue weighted by molar-refractivity contribution is 9.09. The summed E-state index contributed by atoms with van der Waals surface area (Å²) in [5.41, 5.74) is 2.85. The Hall–Kier alpha value is -0.500. The second-order valence-electron chi connectivity index (χ2n) is 4.78. The van der Waals surface area contributed by atoms with Crippen LogP contribution in [0.2, 0.25) is 0 Å². The van der Waals surface area contributed by atoms with Gasteiger partial charge in [-0.15, -0.1) is 0 Å². The van der Waals surface area contributed by atoms with Gasteiger partial charge in [0.25, 0.3) is 0 Å². The molecule has 1 nitrogen and oxygen atoms in total. The molecule has 0 saturated heterocycles. The van der Waals surface area contributed by atoms with Gasteiger partial charge in [-0.05, 0) is 54.9 Å². The van der Waals surface area contributed by atoms with E-state index in [1.165, 1.54) is 24.0 Å². The SMILES string of the molecule is COc1ccc(C2CCC(Br)C2C)c(C)c1. The lowest BCUT2D eigenvalue weighted by molar-refractivity contribution is 0.414. The first kappa shape index (κ1) is 12.0. The zero-order valence-electron chi connectivity index (χ0n) is 10.2. The van der Waals surface area contributed by atoms with E-state index in [4.69, 9.17) is 4.74 Å². The van der Waals surface area contributed by atoms with Crippen molar-refractivity contribution in [3.05, 3.63) is 29.3 Å². The molecule has 0 N–H and O–H groups in total. The molecule has 3 atom stereocenters. The first-order valence-electron chi connectivity index (χ1n) is 5.92. The molecule has 0 aliphatic heterocycles. The van der Waals surface area contributed by atoms with Crippen molar-refractivity contribution in [2.75, 3.05) is 7.11 Å². The number of alkyl halides is 1. The Balaban J connectivity index is 2.27. The minimum Gasteiger partial charge on any atom is -0.497 e. The van der Waals surface area contributed by atoms with Crippen LogP contribution in [0.15, 0.2) is 18.2 Å². The molecule has 0 bridgehead atoms. The maximum atomic E-state index is 5.25. The molecular formula is C14H19BrO. The highest BCUT2D eigenvalue weighted by atomic mass is 79.9. The molecule has 1 aliphatic carbocycles. The average molecular weight is 283 g/mol. The molecule has 0 heterocycles. The van der Waals surface area contributed by atoms with Crippen LogP contribution in [-0.4, -0.2) is 11.9 Å². The molecule has 1 fully saturated rings. The van der Waals surface area contributed by atoms with E-state index in [1.807, 2.05) is 0 Å². The van der Waals surface area contributed by atoms with Crippen LogP contribution in [0.1, 0.15) is 36.8 Å². The topological polar surface area (TPSA) is 9.23 Å². The van der Waals surface area contributed by atoms with Crippen LogP contribution in [-0.2, 0) is 0 Å². The molecule has 0 radical (unpaired) electrons. The van der Waals surface area contributed by atoms with Crippen LogP contribution in [0.25, 0.3) is 0 Å². The summed E-state index contributed by atoms with van der Waals surface area (Å²) in [6, 6.07) is 6.46. The normalized spacial score (nSPS) is 29.4. The van der Waals surface area contributed by atoms with Crippen molar-refractivity contribution < 1.29 is 4.74 Å². The number of benzene rings is 1. The fraction of sp³-hybridized carbons (Fsp3) is 0.571. The molecule has 88 valence electrons. The molecule has 1 aliphatic rings. The van der Waals surface area contributed by atoms with Crippen LogP contribution < -0.4 is 4.74 Å². The van der Waals surface area contributed by atoms with Crippen molar-refractivity contribution in [3.63, 3.8) is 0 Å². The van der Waals surface area contributed by atoms with Gasteiger partial charge in [0.2, 0.25) is 0 Å². The lowest BCUT2D eigenvalue weighted by atomic mass is 9.87. The number of halogens is 1. The molecule has 0 amide bonds. The standard InChI is InChI=1S/C14H19BrO/c1-9-8-11(16-3)4-5-12(9)13-6-7-14(15)10(13)2/h4-5,8,10,13-14H,6-7H2,1-3H3. The monoisotopic (exact) mass is 282 g/mol. The predicted octanol–water partition coefficient (Wildman–Crippen LogP) is 4.28. The molecular weight excluding hydrogens is 264 g/mol. The van der Waals surface area contributed by atoms with Crippen molar-refractivity contribution in [1.29, 1.82) is 0 Å². The molecule has 0 spiro atoms. The average Bonchev–Trinajstić information content (AvgIpc) is 2.60. The van der Waals surface area contributed by atoms with Gasteiger partial charge in [0, 0.05) is 4.83 Å². The third-order valence-electron chi connectivity index (χ3n) is 3.84. The van der Waals surface area contributed by atoms with E-state index in [0.29, 0.717) is 10.7 Å². The molecule has 1 aromatic carbocycles. The van der Waals surface area contributed by atoms with Gasteiger partial charge in [-0.25, -0.2) is 0 Å². The van der Waals surface area contributed by atoms with Gasteiger partial charge in [-0.2, -0.15) is 0 Å². The van der Waals surface area contributed by atoms with Crippen molar-refractivity contribution in [1.82, 2.24) is 0 Å². The Kier molecular flexibility index (Phi) is 3.58. The van der Waals surface area contributed by atoms with Gasteiger partial charge in [0.1, 0.15) is 5.75 Å². The summed E-state index contributed by atoms with van der Waals surface area (Å²) < 4.78 is 5.25. The molecule has 2 rings (SSSR count). The van der Waals surface area contributed by atoms with Gasteiger partial charge in [0.05, 0.1) is 7.11 Å². The summed E-state index contributed by atoms with van der Waals surface area (Å²) in [5.74, 6) is 2.39. The minimum atomic E-state index is 0.680. The quantitative estimate of drug-likeness (QED) is 0.736. The maximum Gasteiger partial charge on any atom is 0.119 e. The van der Waals surface area contributed by atoms with E-state index < -0.39 is 0 Å². The lowest BCUT2D eigenvalue weighted by Crippen LogP contribution is -2.10. The lowest BCUT2D eigenvalue weighted by Gasteiger charge is -2.20. The third-order valence-corrected chi connectivity index (χ3v) is 5.13. The zero-order valence-corrected chi connectivity index (χ0v) is 11.8. The molecule has 3 unspecified atom stereocenters. The molecule has 2 heteroatoms. The van der Waals surface area contributed by atoms with Crippen molar-refractivity contribution in [3.8, 4) is 5.75 Å². The molecule has 16 heavy (non-hydrogen) atoms. The summed E-state index contributed by atoms with van der Waals surface area (Å²) in [7, 11) is 1.72. The molecule has 1 saturated carbocycles. The van der Waals surface area contributed by atoms with E-state index in [9.17, 15) is 0 Å². The van der Waals surface area contributed by atoms with Gasteiger partial charge in [-0.3, -0.25) is 0 Å². The maximum absolute atomic E-state index is 5.25. The first-order chi connectivity index (χ1) is 7.63. The van der Waals surface area contributed by atoms with Gasteiger partial charge < -0.3 is 4.74 Å². The Morgan fingerprint density at radius 2 is 2.06 bits per heavy atom. The Bertz CT molecular complexity index is 375. The molecule has 1 aromatic rings. The van der Waals surface area contributed by atoms with Gasteiger partial charge >= 0.3 is 0 Å². The summed E-state index contributed by atoms with van der Waals surface area (Å²) >= 11 is 3.77. The van der Waals surface area contributed by atoms with Crippen LogP contribution in [0.4, 0.5) is 0 Å². The number of aryl methyl sites for hydroxylation is 1. The number of hydrogen-bond acceptors (Lipinski definition) is 1. The second kappa shape index (κ2) is 4.79. The van der Waals surface area contributed by atoms with Crippen LogP contribution in [0.3, 0.4) is 0 Å². The largest absolute Gasteiger partial charge is 0.497 e. The van der Waals surface area contributed by atoms with Crippen LogP contribution in [0.5, 0.6) is 5.75 Å². The highest BCUT2D eigenvalue weighted by Gasteiger charge is 2.32. The highest BCUT2D eigenvalue weighted by Crippen LogP contribution is 2.44. The van der Waals surface area contributed by atoms with E-state index >= 15 is 0 Å². The Morgan fingerprint density at radius 3 is 2.56 bits per heavy atom. The van der Waals surface area contributed by atoms with Crippen molar-refractivity contribution in [2.45, 2.75) is 37.4 Å². The summed E-state index contributed by atoms with van der Waals surface area (Å²) in [6.45, 7) is 4.53.